The van der Waals surface area contributed by atoms with Crippen molar-refractivity contribution in [2.24, 2.45) is 0 Å². The van der Waals surface area contributed by atoms with E-state index in [2.05, 4.69) is 18.7 Å². The summed E-state index contributed by atoms with van der Waals surface area (Å²) >= 11 is 0. The zero-order valence-electron chi connectivity index (χ0n) is 12.3. The molecule has 1 heterocycles. The van der Waals surface area contributed by atoms with Gasteiger partial charge in [-0.15, -0.1) is 0 Å². The average Bonchev–Trinajstić information content (AvgIpc) is 2.73. The molecule has 0 amide bonds. The largest absolute Gasteiger partial charge is 0.389 e. The fourth-order valence-electron chi connectivity index (χ4n) is 2.82. The maximum atomic E-state index is 13.4. The van der Waals surface area contributed by atoms with Crippen molar-refractivity contribution in [3.63, 3.8) is 0 Å². The standard InChI is InChI=1S/C16H24FNO2/c1-12-7-8-13(2)18(12)9-15(19)11-20-10-14-5-3-4-6-16(14)17/h3-6,12-13,15,19H,7-11H2,1-2H3. The number of rotatable bonds is 6. The average molecular weight is 281 g/mol. The first-order chi connectivity index (χ1) is 9.58. The first-order valence-electron chi connectivity index (χ1n) is 7.33. The minimum Gasteiger partial charge on any atom is -0.389 e. The van der Waals surface area contributed by atoms with Crippen LogP contribution in [0.3, 0.4) is 0 Å². The van der Waals surface area contributed by atoms with Gasteiger partial charge in [0.15, 0.2) is 0 Å². The second-order valence-electron chi connectivity index (χ2n) is 5.73. The Morgan fingerprint density at radius 3 is 2.60 bits per heavy atom. The van der Waals surface area contributed by atoms with Gasteiger partial charge in [0.25, 0.3) is 0 Å². The van der Waals surface area contributed by atoms with E-state index in [1.54, 1.807) is 18.2 Å². The first-order valence-corrected chi connectivity index (χ1v) is 7.33. The lowest BCUT2D eigenvalue weighted by atomic mass is 10.2. The number of halogens is 1. The molecule has 20 heavy (non-hydrogen) atoms. The normalized spacial score (nSPS) is 25.0. The SMILES string of the molecule is CC1CCC(C)N1CC(O)COCc1ccccc1F. The van der Waals surface area contributed by atoms with Gasteiger partial charge in [-0.05, 0) is 32.8 Å². The number of aliphatic hydroxyl groups excluding tert-OH is 1. The Hall–Kier alpha value is -0.970. The number of benzene rings is 1. The summed E-state index contributed by atoms with van der Waals surface area (Å²) in [5, 5.41) is 10.0. The molecule has 3 unspecified atom stereocenters. The van der Waals surface area contributed by atoms with Crippen molar-refractivity contribution in [3.05, 3.63) is 35.6 Å². The van der Waals surface area contributed by atoms with Crippen molar-refractivity contribution >= 4 is 0 Å². The van der Waals surface area contributed by atoms with E-state index in [1.807, 2.05) is 0 Å². The van der Waals surface area contributed by atoms with Crippen molar-refractivity contribution in [2.75, 3.05) is 13.2 Å². The predicted octanol–water partition coefficient (Wildman–Crippen LogP) is 2.58. The molecule has 0 aliphatic carbocycles. The lowest BCUT2D eigenvalue weighted by Crippen LogP contribution is -2.40. The molecule has 3 nitrogen and oxygen atoms in total. The van der Waals surface area contributed by atoms with E-state index >= 15 is 0 Å². The Morgan fingerprint density at radius 2 is 1.95 bits per heavy atom. The Labute approximate surface area is 120 Å². The van der Waals surface area contributed by atoms with Crippen LogP contribution in [0.4, 0.5) is 4.39 Å². The van der Waals surface area contributed by atoms with Gasteiger partial charge in [0.1, 0.15) is 5.82 Å². The summed E-state index contributed by atoms with van der Waals surface area (Å²) in [6.07, 6.45) is 1.85. The van der Waals surface area contributed by atoms with Crippen LogP contribution in [0.15, 0.2) is 24.3 Å². The maximum Gasteiger partial charge on any atom is 0.128 e. The second-order valence-corrected chi connectivity index (χ2v) is 5.73. The van der Waals surface area contributed by atoms with Gasteiger partial charge in [0, 0.05) is 24.2 Å². The van der Waals surface area contributed by atoms with Gasteiger partial charge in [-0.1, -0.05) is 18.2 Å². The van der Waals surface area contributed by atoms with Crippen LogP contribution in [-0.4, -0.2) is 41.3 Å². The molecule has 1 N–H and O–H groups in total. The van der Waals surface area contributed by atoms with Gasteiger partial charge in [-0.25, -0.2) is 4.39 Å². The predicted molar refractivity (Wildman–Crippen MR) is 76.9 cm³/mol. The van der Waals surface area contributed by atoms with E-state index in [1.165, 1.54) is 18.9 Å². The molecule has 1 saturated heterocycles. The molecule has 112 valence electrons. The second kappa shape index (κ2) is 7.16. The van der Waals surface area contributed by atoms with Gasteiger partial charge in [0.2, 0.25) is 0 Å². The third-order valence-corrected chi connectivity index (χ3v) is 4.08. The highest BCUT2D eigenvalue weighted by Gasteiger charge is 2.28. The van der Waals surface area contributed by atoms with Crippen LogP contribution >= 0.6 is 0 Å². The van der Waals surface area contributed by atoms with Crippen molar-refractivity contribution in [2.45, 2.75) is 51.5 Å². The summed E-state index contributed by atoms with van der Waals surface area (Å²) in [6.45, 7) is 5.45. The molecule has 1 aromatic rings. The van der Waals surface area contributed by atoms with Crippen LogP contribution in [0.1, 0.15) is 32.3 Å². The summed E-state index contributed by atoms with van der Waals surface area (Å²) in [4.78, 5) is 2.32. The molecular formula is C16H24FNO2. The maximum absolute atomic E-state index is 13.4. The quantitative estimate of drug-likeness (QED) is 0.870. The van der Waals surface area contributed by atoms with Crippen LogP contribution in [0.2, 0.25) is 0 Å². The van der Waals surface area contributed by atoms with Gasteiger partial charge >= 0.3 is 0 Å². The number of hydrogen-bond acceptors (Lipinski definition) is 3. The molecule has 1 fully saturated rings. The summed E-state index contributed by atoms with van der Waals surface area (Å²) in [7, 11) is 0. The van der Waals surface area contributed by atoms with E-state index in [0.29, 0.717) is 24.2 Å². The van der Waals surface area contributed by atoms with Gasteiger partial charge < -0.3 is 9.84 Å². The molecule has 1 aliphatic rings. The van der Waals surface area contributed by atoms with Crippen LogP contribution in [0.25, 0.3) is 0 Å². The third-order valence-electron chi connectivity index (χ3n) is 4.08. The van der Waals surface area contributed by atoms with E-state index in [-0.39, 0.29) is 19.0 Å². The smallest absolute Gasteiger partial charge is 0.128 e. The van der Waals surface area contributed by atoms with E-state index in [0.717, 1.165) is 0 Å². The highest BCUT2D eigenvalue weighted by Crippen LogP contribution is 2.23. The number of likely N-dealkylation sites (tertiary alicyclic amines) is 1. The van der Waals surface area contributed by atoms with Crippen molar-refractivity contribution in [3.8, 4) is 0 Å². The monoisotopic (exact) mass is 281 g/mol. The molecule has 0 radical (unpaired) electrons. The fraction of sp³-hybridized carbons (Fsp3) is 0.625. The summed E-state index contributed by atoms with van der Waals surface area (Å²) in [5.41, 5.74) is 0.530. The Balaban J connectivity index is 1.73. The molecule has 3 atom stereocenters. The van der Waals surface area contributed by atoms with E-state index in [9.17, 15) is 9.50 Å². The lowest BCUT2D eigenvalue weighted by molar-refractivity contribution is 0.00263. The molecule has 1 aromatic carbocycles. The third kappa shape index (κ3) is 4.01. The number of aliphatic hydroxyl groups is 1. The molecule has 2 rings (SSSR count). The summed E-state index contributed by atoms with van der Waals surface area (Å²) in [6, 6.07) is 7.60. The zero-order valence-corrected chi connectivity index (χ0v) is 12.3. The molecule has 0 saturated carbocycles. The Morgan fingerprint density at radius 1 is 1.30 bits per heavy atom. The Kier molecular flexibility index (Phi) is 5.52. The minimum absolute atomic E-state index is 0.203. The van der Waals surface area contributed by atoms with E-state index in [4.69, 9.17) is 4.74 Å². The van der Waals surface area contributed by atoms with Crippen molar-refractivity contribution < 1.29 is 14.2 Å². The van der Waals surface area contributed by atoms with Gasteiger partial charge in [-0.3, -0.25) is 4.90 Å². The van der Waals surface area contributed by atoms with Crippen molar-refractivity contribution in [1.82, 2.24) is 4.90 Å². The fourth-order valence-corrected chi connectivity index (χ4v) is 2.82. The molecule has 1 aliphatic heterocycles. The number of nitrogens with zero attached hydrogens (tertiary/aromatic N) is 1. The number of hydrogen-bond donors (Lipinski definition) is 1. The molecule has 0 bridgehead atoms. The van der Waals surface area contributed by atoms with Crippen LogP contribution in [0.5, 0.6) is 0 Å². The molecule has 4 heteroatoms. The highest BCUT2D eigenvalue weighted by molar-refractivity contribution is 5.16. The highest BCUT2D eigenvalue weighted by atomic mass is 19.1. The topological polar surface area (TPSA) is 32.7 Å². The van der Waals surface area contributed by atoms with Crippen LogP contribution in [-0.2, 0) is 11.3 Å². The zero-order chi connectivity index (χ0) is 14.5. The van der Waals surface area contributed by atoms with Gasteiger partial charge in [0.05, 0.1) is 19.3 Å². The molecule has 0 aromatic heterocycles. The summed E-state index contributed by atoms with van der Waals surface area (Å²) in [5.74, 6) is -0.260. The number of β-amino-alcohol motifs (C(OH)–C–C–N with tert-alkyl or cyclic N) is 1. The number of ether oxygens (including phenoxy) is 1. The van der Waals surface area contributed by atoms with Crippen molar-refractivity contribution in [1.29, 1.82) is 0 Å². The van der Waals surface area contributed by atoms with Crippen LogP contribution in [0, 0.1) is 5.82 Å². The Bertz CT molecular complexity index is 417. The van der Waals surface area contributed by atoms with Gasteiger partial charge in [-0.2, -0.15) is 0 Å². The molecular weight excluding hydrogens is 257 g/mol. The minimum atomic E-state index is -0.523. The van der Waals surface area contributed by atoms with E-state index < -0.39 is 6.10 Å². The lowest BCUT2D eigenvalue weighted by Gasteiger charge is -2.28. The summed E-state index contributed by atoms with van der Waals surface area (Å²) < 4.78 is 18.8. The first kappa shape index (κ1) is 15.4. The van der Waals surface area contributed by atoms with Crippen LogP contribution < -0.4 is 0 Å². The molecule has 0 spiro atoms.